The third-order valence-electron chi connectivity index (χ3n) is 4.66. The normalized spacial score (nSPS) is 16.5. The van der Waals surface area contributed by atoms with Crippen molar-refractivity contribution in [1.82, 2.24) is 24.8 Å². The lowest BCUT2D eigenvalue weighted by Crippen LogP contribution is -2.17. The van der Waals surface area contributed by atoms with Gasteiger partial charge in [0.25, 0.3) is 0 Å². The standard InChI is InChI=1S/C19H21F2N7O/c1-9(2)24-18-23-8-14-17(27-18)28(12-6-15(29)22-7-12)19(25-14)26-16-10(3)4-11(20)5-13(16)21/h4-5,8-9,12H,6-7H2,1-3H3,(H,22,29)(H,25,26)(H,23,24,27). The van der Waals surface area contributed by atoms with Gasteiger partial charge in [0, 0.05) is 25.1 Å². The lowest BCUT2D eigenvalue weighted by atomic mass is 10.2. The molecule has 0 radical (unpaired) electrons. The second-order valence-electron chi connectivity index (χ2n) is 7.37. The highest BCUT2D eigenvalue weighted by Gasteiger charge is 2.28. The quantitative estimate of drug-likeness (QED) is 0.608. The van der Waals surface area contributed by atoms with Crippen LogP contribution in [0.25, 0.3) is 11.2 Å². The van der Waals surface area contributed by atoms with Gasteiger partial charge in [-0.15, -0.1) is 0 Å². The molecule has 4 rings (SSSR count). The summed E-state index contributed by atoms with van der Waals surface area (Å²) in [6.07, 6.45) is 1.83. The number of fused-ring (bicyclic) bond motifs is 1. The van der Waals surface area contributed by atoms with E-state index in [2.05, 4.69) is 30.9 Å². The van der Waals surface area contributed by atoms with Crippen LogP contribution in [0.2, 0.25) is 0 Å². The Morgan fingerprint density at radius 3 is 2.72 bits per heavy atom. The summed E-state index contributed by atoms with van der Waals surface area (Å²) >= 11 is 0. The maximum absolute atomic E-state index is 14.4. The van der Waals surface area contributed by atoms with E-state index in [0.29, 0.717) is 35.2 Å². The van der Waals surface area contributed by atoms with Gasteiger partial charge in [-0.2, -0.15) is 4.98 Å². The van der Waals surface area contributed by atoms with Crippen LogP contribution in [0.5, 0.6) is 0 Å². The minimum atomic E-state index is -0.727. The van der Waals surface area contributed by atoms with Crippen molar-refractivity contribution in [3.63, 3.8) is 0 Å². The fourth-order valence-corrected chi connectivity index (χ4v) is 3.40. The highest BCUT2D eigenvalue weighted by Crippen LogP contribution is 2.31. The van der Waals surface area contributed by atoms with E-state index in [4.69, 9.17) is 0 Å². The monoisotopic (exact) mass is 401 g/mol. The molecule has 1 atom stereocenters. The minimum absolute atomic E-state index is 0.0819. The summed E-state index contributed by atoms with van der Waals surface area (Å²) in [6.45, 7) is 5.95. The molecule has 29 heavy (non-hydrogen) atoms. The van der Waals surface area contributed by atoms with E-state index in [0.717, 1.165) is 6.07 Å². The van der Waals surface area contributed by atoms with E-state index in [1.165, 1.54) is 6.07 Å². The predicted octanol–water partition coefficient (Wildman–Crippen LogP) is 3.04. The largest absolute Gasteiger partial charge is 0.354 e. The topological polar surface area (TPSA) is 96.8 Å². The fourth-order valence-electron chi connectivity index (χ4n) is 3.40. The van der Waals surface area contributed by atoms with Crippen LogP contribution in [0.4, 0.5) is 26.4 Å². The molecule has 1 saturated heterocycles. The fraction of sp³-hybridized carbons (Fsp3) is 0.368. The van der Waals surface area contributed by atoms with Crippen molar-refractivity contribution in [2.24, 2.45) is 0 Å². The van der Waals surface area contributed by atoms with Gasteiger partial charge in [-0.05, 0) is 32.4 Å². The van der Waals surface area contributed by atoms with Gasteiger partial charge in [-0.1, -0.05) is 0 Å². The highest BCUT2D eigenvalue weighted by atomic mass is 19.1. The number of amides is 1. The summed E-state index contributed by atoms with van der Waals surface area (Å²) in [6, 6.07) is 1.93. The number of hydrogen-bond acceptors (Lipinski definition) is 6. The number of carbonyl (C=O) groups is 1. The summed E-state index contributed by atoms with van der Waals surface area (Å²) in [5.41, 5.74) is 1.54. The molecule has 1 unspecified atom stereocenters. The zero-order valence-electron chi connectivity index (χ0n) is 16.3. The van der Waals surface area contributed by atoms with Gasteiger partial charge in [-0.25, -0.2) is 18.7 Å². The van der Waals surface area contributed by atoms with Gasteiger partial charge in [-0.3, -0.25) is 9.36 Å². The summed E-state index contributed by atoms with van der Waals surface area (Å²) in [5, 5.41) is 8.89. The Bertz CT molecular complexity index is 1070. The molecular formula is C19H21F2N7O. The molecule has 1 aromatic carbocycles. The van der Waals surface area contributed by atoms with E-state index in [-0.39, 0.29) is 30.1 Å². The van der Waals surface area contributed by atoms with Crippen LogP contribution in [0.1, 0.15) is 31.9 Å². The molecule has 8 nitrogen and oxygen atoms in total. The van der Waals surface area contributed by atoms with Crippen molar-refractivity contribution in [2.45, 2.75) is 39.3 Å². The van der Waals surface area contributed by atoms with E-state index < -0.39 is 11.6 Å². The number of imidazole rings is 1. The number of nitrogens with zero attached hydrogens (tertiary/aromatic N) is 4. The molecule has 1 aliphatic rings. The first kappa shape index (κ1) is 19.0. The second-order valence-corrected chi connectivity index (χ2v) is 7.37. The van der Waals surface area contributed by atoms with Crippen molar-refractivity contribution in [1.29, 1.82) is 0 Å². The van der Waals surface area contributed by atoms with Crippen molar-refractivity contribution in [2.75, 3.05) is 17.2 Å². The third kappa shape index (κ3) is 3.69. The molecule has 3 N–H and O–H groups in total. The number of anilines is 3. The number of aryl methyl sites for hydroxylation is 1. The van der Waals surface area contributed by atoms with Gasteiger partial charge in [0.05, 0.1) is 17.9 Å². The summed E-state index contributed by atoms with van der Waals surface area (Å²) in [7, 11) is 0. The molecule has 0 aliphatic carbocycles. The molecule has 3 heterocycles. The number of carbonyl (C=O) groups excluding carboxylic acids is 1. The number of rotatable bonds is 5. The van der Waals surface area contributed by atoms with Crippen LogP contribution < -0.4 is 16.0 Å². The molecule has 3 aromatic rings. The molecule has 10 heteroatoms. The Labute approximate surface area is 165 Å². The summed E-state index contributed by atoms with van der Waals surface area (Å²) < 4.78 is 29.6. The molecule has 1 aliphatic heterocycles. The van der Waals surface area contributed by atoms with Crippen molar-refractivity contribution in [3.8, 4) is 0 Å². The van der Waals surface area contributed by atoms with Crippen LogP contribution in [0.3, 0.4) is 0 Å². The number of hydrogen-bond donors (Lipinski definition) is 3. The average Bonchev–Trinajstić information content (AvgIpc) is 3.20. The molecule has 1 fully saturated rings. The van der Waals surface area contributed by atoms with E-state index >= 15 is 0 Å². The highest BCUT2D eigenvalue weighted by molar-refractivity contribution is 5.81. The molecule has 152 valence electrons. The number of benzene rings is 1. The maximum atomic E-state index is 14.4. The Hall–Kier alpha value is -3.30. The zero-order valence-corrected chi connectivity index (χ0v) is 16.3. The summed E-state index contributed by atoms with van der Waals surface area (Å²) in [4.78, 5) is 25.1. The SMILES string of the molecule is Cc1cc(F)cc(F)c1Nc1nc2cnc(NC(C)C)nc2n1C1CNC(=O)C1. The Morgan fingerprint density at radius 2 is 2.07 bits per heavy atom. The first-order valence-corrected chi connectivity index (χ1v) is 9.32. The molecular weight excluding hydrogens is 380 g/mol. The first-order valence-electron chi connectivity index (χ1n) is 9.32. The third-order valence-corrected chi connectivity index (χ3v) is 4.66. The maximum Gasteiger partial charge on any atom is 0.224 e. The van der Waals surface area contributed by atoms with Crippen molar-refractivity contribution in [3.05, 3.63) is 35.5 Å². The summed E-state index contributed by atoms with van der Waals surface area (Å²) in [5.74, 6) is -0.718. The number of nitrogens with one attached hydrogen (secondary N) is 3. The van der Waals surface area contributed by atoms with Crippen LogP contribution in [0.15, 0.2) is 18.3 Å². The smallest absolute Gasteiger partial charge is 0.224 e. The first-order chi connectivity index (χ1) is 13.8. The molecule has 0 spiro atoms. The Kier molecular flexibility index (Phi) is 4.77. The van der Waals surface area contributed by atoms with E-state index in [1.54, 1.807) is 17.7 Å². The lowest BCUT2D eigenvalue weighted by Gasteiger charge is -2.17. The lowest BCUT2D eigenvalue weighted by molar-refractivity contribution is -0.119. The van der Waals surface area contributed by atoms with Crippen LogP contribution >= 0.6 is 0 Å². The van der Waals surface area contributed by atoms with E-state index in [9.17, 15) is 13.6 Å². The zero-order chi connectivity index (χ0) is 20.7. The van der Waals surface area contributed by atoms with E-state index in [1.807, 2.05) is 13.8 Å². The molecule has 0 saturated carbocycles. The molecule has 2 aromatic heterocycles. The average molecular weight is 401 g/mol. The number of halogens is 2. The predicted molar refractivity (Wildman–Crippen MR) is 105 cm³/mol. The van der Waals surface area contributed by atoms with Crippen LogP contribution in [-0.4, -0.2) is 38.0 Å². The van der Waals surface area contributed by atoms with Crippen molar-refractivity contribution >= 4 is 34.7 Å². The minimum Gasteiger partial charge on any atom is -0.354 e. The molecule has 1 amide bonds. The second kappa shape index (κ2) is 7.26. The van der Waals surface area contributed by atoms with Gasteiger partial charge < -0.3 is 16.0 Å². The van der Waals surface area contributed by atoms with Gasteiger partial charge in [0.15, 0.2) is 5.65 Å². The van der Waals surface area contributed by atoms with Gasteiger partial charge in [0.2, 0.25) is 17.8 Å². The Balaban J connectivity index is 1.83. The van der Waals surface area contributed by atoms with Gasteiger partial charge >= 0.3 is 0 Å². The Morgan fingerprint density at radius 1 is 1.28 bits per heavy atom. The molecule has 0 bridgehead atoms. The van der Waals surface area contributed by atoms with Crippen molar-refractivity contribution < 1.29 is 13.6 Å². The van der Waals surface area contributed by atoms with Crippen LogP contribution in [-0.2, 0) is 4.79 Å². The number of aromatic nitrogens is 4. The van der Waals surface area contributed by atoms with Crippen LogP contribution in [0, 0.1) is 18.6 Å². The van der Waals surface area contributed by atoms with Gasteiger partial charge in [0.1, 0.15) is 17.2 Å².